The molecule has 2 saturated heterocycles. The van der Waals surface area contributed by atoms with Crippen molar-refractivity contribution in [1.29, 1.82) is 0 Å². The predicted molar refractivity (Wildman–Crippen MR) is 512 cm³/mol. The maximum absolute atomic E-state index is 13.6. The smallest absolute Gasteiger partial charge is 0.305 e. The Hall–Kier alpha value is -13.1. The zero-order valence-corrected chi connectivity index (χ0v) is 79.5. The van der Waals surface area contributed by atoms with Gasteiger partial charge in [-0.25, -0.2) is 9.97 Å². The van der Waals surface area contributed by atoms with E-state index in [1.54, 1.807) is 54.6 Å². The van der Waals surface area contributed by atoms with Gasteiger partial charge < -0.3 is 104 Å². The summed E-state index contributed by atoms with van der Waals surface area (Å²) in [4.78, 5) is 161. The number of piperidine rings is 2. The summed E-state index contributed by atoms with van der Waals surface area (Å²) >= 11 is 0. The molecule has 11 amide bonds. The molecule has 141 heavy (non-hydrogen) atoms. The van der Waals surface area contributed by atoms with Gasteiger partial charge in [0, 0.05) is 111 Å². The van der Waals surface area contributed by atoms with E-state index in [0.717, 1.165) is 137 Å². The van der Waals surface area contributed by atoms with Crippen molar-refractivity contribution in [3.8, 4) is 34.0 Å². The van der Waals surface area contributed by atoms with Crippen molar-refractivity contribution < 1.29 is 120 Å². The van der Waals surface area contributed by atoms with Crippen LogP contribution in [0.3, 0.4) is 0 Å². The van der Waals surface area contributed by atoms with Crippen LogP contribution in [0.25, 0.3) is 22.5 Å². The number of aromatic nitrogens is 4. The third-order valence-electron chi connectivity index (χ3n) is 25.5. The molecule has 16 rings (SSSR count). The molecular weight excluding hydrogens is 1820 g/mol. The minimum atomic E-state index is -1.03. The van der Waals surface area contributed by atoms with Gasteiger partial charge in [-0.2, -0.15) is 0 Å². The number of aryl methyl sites for hydroxylation is 6. The lowest BCUT2D eigenvalue weighted by Gasteiger charge is -2.27. The first-order chi connectivity index (χ1) is 68.6. The zero-order valence-electron chi connectivity index (χ0n) is 79.5. The number of imide groups is 4. The van der Waals surface area contributed by atoms with Gasteiger partial charge in [0.15, 0.2) is 0 Å². The number of carboxylic acids is 1. The number of hydrogen-bond donors (Lipinski definition) is 11. The third-order valence-corrected chi connectivity index (χ3v) is 25.5. The minimum Gasteiger partial charge on any atom is -0.493 e. The van der Waals surface area contributed by atoms with Gasteiger partial charge in [-0.05, 0) is 190 Å². The second-order valence-corrected chi connectivity index (χ2v) is 35.0. The maximum Gasteiger partial charge on any atom is 0.305 e. The lowest BCUT2D eigenvalue weighted by molar-refractivity contribution is -0.139. The Kier molecular flexibility index (Phi) is 37.8. The summed E-state index contributed by atoms with van der Waals surface area (Å²) in [6.45, 7) is 13.1. The first kappa shape index (κ1) is 104. The van der Waals surface area contributed by atoms with Crippen LogP contribution in [-0.2, 0) is 119 Å². The fourth-order valence-electron chi connectivity index (χ4n) is 18.0. The maximum atomic E-state index is 13.6. The molecule has 6 aliphatic heterocycles. The van der Waals surface area contributed by atoms with Crippen LogP contribution >= 0.6 is 0 Å². The van der Waals surface area contributed by atoms with E-state index in [2.05, 4.69) is 95.1 Å². The van der Waals surface area contributed by atoms with Crippen LogP contribution in [0.4, 0.5) is 11.4 Å². The van der Waals surface area contributed by atoms with Gasteiger partial charge in [-0.1, -0.05) is 36.4 Å². The van der Waals surface area contributed by atoms with Crippen molar-refractivity contribution in [2.45, 2.75) is 167 Å². The van der Waals surface area contributed by atoms with Crippen LogP contribution in [0.2, 0.25) is 0 Å². The van der Waals surface area contributed by atoms with Crippen LogP contribution in [0, 0.1) is 13.8 Å². The number of benzene rings is 6. The number of anilines is 2. The number of nitrogens with one attached hydrogen (secondary N) is 7. The summed E-state index contributed by atoms with van der Waals surface area (Å²) in [6, 6.07) is 27.4. The van der Waals surface area contributed by atoms with Crippen molar-refractivity contribution in [2.24, 2.45) is 5.73 Å². The average molecular weight is 1950 g/mol. The van der Waals surface area contributed by atoms with Gasteiger partial charge in [-0.15, -0.1) is 0 Å². The number of aliphatic hydroxyl groups excluding tert-OH is 2. The highest BCUT2D eigenvalue weighted by Gasteiger charge is 2.48. The average Bonchev–Trinajstić information content (AvgIpc) is 1.73. The zero-order chi connectivity index (χ0) is 99.3. The van der Waals surface area contributed by atoms with E-state index in [1.807, 2.05) is 13.8 Å². The Morgan fingerprint density at radius 2 is 0.865 bits per heavy atom. The second-order valence-electron chi connectivity index (χ2n) is 35.0. The van der Waals surface area contributed by atoms with Crippen LogP contribution in [0.1, 0.15) is 207 Å². The number of aliphatic hydroxyl groups is 2. The Labute approximate surface area is 815 Å². The van der Waals surface area contributed by atoms with Gasteiger partial charge in [0.2, 0.25) is 29.5 Å². The lowest BCUT2D eigenvalue weighted by atomic mass is 10.0. The Morgan fingerprint density at radius 1 is 0.454 bits per heavy atom. The second kappa shape index (κ2) is 51.4. The number of fused-ring (bicyclic) bond motifs is 6. The normalized spacial score (nSPS) is 16.9. The van der Waals surface area contributed by atoms with Crippen LogP contribution < -0.4 is 52.4 Å². The van der Waals surface area contributed by atoms with Crippen molar-refractivity contribution in [3.05, 3.63) is 199 Å². The first-order valence-electron chi connectivity index (χ1n) is 48.3. The first-order valence-corrected chi connectivity index (χ1v) is 48.3. The Balaban J connectivity index is 0.000000186. The largest absolute Gasteiger partial charge is 0.493 e. The quantitative estimate of drug-likeness (QED) is 0.0134. The van der Waals surface area contributed by atoms with Gasteiger partial charge in [-0.3, -0.25) is 78.0 Å². The van der Waals surface area contributed by atoms with E-state index in [1.165, 1.54) is 17.2 Å². The molecular formula is C102H124N14O25. The highest BCUT2D eigenvalue weighted by Crippen LogP contribution is 2.40. The van der Waals surface area contributed by atoms with Gasteiger partial charge >= 0.3 is 5.97 Å². The van der Waals surface area contributed by atoms with Crippen LogP contribution in [0.15, 0.2) is 109 Å². The molecule has 8 aliphatic rings. The molecule has 0 spiro atoms. The number of nitrogens with two attached hydrogens (primary N) is 1. The standard InChI is InChI=1S/C51H61N7O12.C27H32N4O3.C24H31N3O10/c1-32-36(31-59)27-35(48(62)55-39-11-10-33-8-9-34(28-38(33)39)41-30-57-17-3-7-44(57)54-41)29-43(32)70-18-4-15-53-45(60)14-19-66-21-23-68-25-26-69-24-22-67-20-16-52-40-6-2-5-37-47(40)51(65)58(50(37)64)42-12-13-46(61)56-49(42)63;1-17-21(16-32)12-20(14-25(17)34-11-3-9-28)27(33)30-23-8-7-18-5-6-19(13-22(18)23)24-15-31-10-2-4-26(31)29-24;28-19-5-4-18(22(31)26-19)27-23(32)16-2-1-3-17(21(16)24(27)33)25-7-9-35-11-13-37-15-14-36-12-10-34-8-6-20(29)30/h2,5-6,8-9,27-30,39,42,52,59H,3-4,7,10-26,31H2,1H3,(H,53,60)(H,55,62)(H,56,61,63);5-6,12-15,23,32H,2-4,7-11,16,28H2,1H3,(H,30,33);1-3,18,25H,4-15H2,(H,29,30)(H,26,28,31)/t39-,42?;23-;/m11./s1. The minimum absolute atomic E-state index is 0.0346. The molecule has 0 saturated carbocycles. The SMILES string of the molecule is Cc1c(CO)cc(C(=O)N[C@@H]2CCc3ccc(-c4cn5c(n4)CCC5)cc32)cc1OCCCN.Cc1c(CO)cc(C(=O)N[C@@H]2CCc3ccc(-c4cn5c(n4)CCC5)cc32)cc1OCCCNC(=O)CCOCCOCCOCCOCCNc1cccc2c1C(=O)N(C1CCC(=O)NC1=O)C2=O.O=C(O)CCOCCOCCOCCOCCNc1cccc2c1C(=O)N(C1CCC(=O)NC1=O)C2=O. The van der Waals surface area contributed by atoms with Gasteiger partial charge in [0.25, 0.3) is 35.4 Å². The van der Waals surface area contributed by atoms with Crippen molar-refractivity contribution >= 4 is 82.3 Å². The molecule has 39 heteroatoms. The number of nitrogens with zero attached hydrogens (tertiary/aromatic N) is 6. The molecule has 752 valence electrons. The molecule has 2 fully saturated rings. The molecule has 0 bridgehead atoms. The lowest BCUT2D eigenvalue weighted by Crippen LogP contribution is -2.54. The highest BCUT2D eigenvalue weighted by atomic mass is 16.6. The van der Waals surface area contributed by atoms with E-state index >= 15 is 0 Å². The number of hydrogen-bond acceptors (Lipinski definition) is 29. The molecule has 8 heterocycles. The molecule has 12 N–H and O–H groups in total. The van der Waals surface area contributed by atoms with Crippen molar-refractivity contribution in [2.75, 3.05) is 156 Å². The summed E-state index contributed by atoms with van der Waals surface area (Å²) in [7, 11) is 0. The summed E-state index contributed by atoms with van der Waals surface area (Å²) in [5, 5.41) is 48.3. The van der Waals surface area contributed by atoms with E-state index < -0.39 is 65.3 Å². The third kappa shape index (κ3) is 27.2. The molecule has 6 aromatic carbocycles. The molecule has 0 radical (unpaired) electrons. The monoisotopic (exact) mass is 1940 g/mol. The Morgan fingerprint density at radius 3 is 1.27 bits per heavy atom. The molecule has 2 unspecified atom stereocenters. The van der Waals surface area contributed by atoms with Crippen molar-refractivity contribution in [3.63, 3.8) is 0 Å². The topological polar surface area (TPSA) is 510 Å². The fraction of sp³-hybridized carbons (Fsp3) is 0.471. The number of rotatable bonds is 51. The molecule has 39 nitrogen and oxygen atoms in total. The van der Waals surface area contributed by atoms with Gasteiger partial charge in [0.05, 0.1) is 184 Å². The Bertz CT molecular complexity index is 5790. The number of aliphatic carboxylic acids is 1. The van der Waals surface area contributed by atoms with Crippen molar-refractivity contribution in [1.82, 2.24) is 55.5 Å². The molecule has 8 aromatic rings. The van der Waals surface area contributed by atoms with E-state index in [4.69, 9.17) is 68.2 Å². The number of imidazole rings is 2. The van der Waals surface area contributed by atoms with E-state index in [-0.39, 0.29) is 117 Å². The summed E-state index contributed by atoms with van der Waals surface area (Å²) in [5.41, 5.74) is 20.0. The number of carbonyl (C=O) groups excluding carboxylic acids is 11. The predicted octanol–water partition coefficient (Wildman–Crippen LogP) is 7.05. The molecule has 2 aromatic heterocycles. The number of ether oxygens (including phenoxy) is 10. The number of amides is 11. The summed E-state index contributed by atoms with van der Waals surface area (Å²) in [6.07, 6.45) is 13.8. The summed E-state index contributed by atoms with van der Waals surface area (Å²) < 4.78 is 59.9. The molecule has 2 aliphatic carbocycles. The van der Waals surface area contributed by atoms with Gasteiger partial charge in [0.1, 0.15) is 35.2 Å². The van der Waals surface area contributed by atoms with E-state index in [9.17, 15) is 67.7 Å². The van der Waals surface area contributed by atoms with Crippen LogP contribution in [0.5, 0.6) is 11.5 Å². The fourth-order valence-corrected chi connectivity index (χ4v) is 18.0. The highest BCUT2D eigenvalue weighted by molar-refractivity contribution is 6.26. The van der Waals surface area contributed by atoms with Crippen LogP contribution in [-0.4, -0.2) is 272 Å². The molecule has 4 atom stereocenters. The summed E-state index contributed by atoms with van der Waals surface area (Å²) in [5.74, 6) is -2.45. The number of carboxylic acid groups (broad SMARTS) is 1. The van der Waals surface area contributed by atoms with E-state index in [0.29, 0.717) is 183 Å². The number of carbonyl (C=O) groups is 12.